The SMILES string of the molecule is CC1(C)CCN(CCCC(N)c2ccccc2)C1. The van der Waals surface area contributed by atoms with Crippen LogP contribution in [0.2, 0.25) is 0 Å². The number of hydrogen-bond acceptors (Lipinski definition) is 2. The highest BCUT2D eigenvalue weighted by atomic mass is 15.1. The van der Waals surface area contributed by atoms with Gasteiger partial charge in [-0.05, 0) is 43.3 Å². The highest BCUT2D eigenvalue weighted by Crippen LogP contribution is 2.29. The molecule has 2 nitrogen and oxygen atoms in total. The predicted octanol–water partition coefficient (Wildman–Crippen LogP) is 3.20. The molecule has 2 rings (SSSR count). The molecule has 18 heavy (non-hydrogen) atoms. The number of nitrogens with two attached hydrogens (primary N) is 1. The van der Waals surface area contributed by atoms with Crippen LogP contribution < -0.4 is 5.73 Å². The summed E-state index contributed by atoms with van der Waals surface area (Å²) in [5.41, 5.74) is 7.99. The van der Waals surface area contributed by atoms with Crippen molar-refractivity contribution in [2.75, 3.05) is 19.6 Å². The molecule has 1 unspecified atom stereocenters. The molecule has 0 saturated carbocycles. The Hall–Kier alpha value is -0.860. The monoisotopic (exact) mass is 246 g/mol. The van der Waals surface area contributed by atoms with Crippen molar-refractivity contribution in [2.24, 2.45) is 11.1 Å². The van der Waals surface area contributed by atoms with Gasteiger partial charge in [0.15, 0.2) is 0 Å². The first-order chi connectivity index (χ1) is 8.57. The van der Waals surface area contributed by atoms with Crippen molar-refractivity contribution in [2.45, 2.75) is 39.2 Å². The minimum absolute atomic E-state index is 0.196. The second-order valence-electron chi connectivity index (χ2n) is 6.35. The molecule has 1 aromatic carbocycles. The van der Waals surface area contributed by atoms with Crippen molar-refractivity contribution in [3.63, 3.8) is 0 Å². The Kier molecular flexibility index (Phi) is 4.41. The van der Waals surface area contributed by atoms with Crippen molar-refractivity contribution in [3.05, 3.63) is 35.9 Å². The molecule has 100 valence electrons. The number of nitrogens with zero attached hydrogens (tertiary/aromatic N) is 1. The lowest BCUT2D eigenvalue weighted by Gasteiger charge is -2.20. The molecule has 1 aliphatic rings. The quantitative estimate of drug-likeness (QED) is 0.864. The molecule has 0 bridgehead atoms. The van der Waals surface area contributed by atoms with Gasteiger partial charge in [0.2, 0.25) is 0 Å². The van der Waals surface area contributed by atoms with Crippen LogP contribution >= 0.6 is 0 Å². The zero-order valence-corrected chi connectivity index (χ0v) is 11.7. The van der Waals surface area contributed by atoms with Crippen molar-refractivity contribution < 1.29 is 0 Å². The minimum atomic E-state index is 0.196. The van der Waals surface area contributed by atoms with Gasteiger partial charge in [0.1, 0.15) is 0 Å². The van der Waals surface area contributed by atoms with Gasteiger partial charge in [0, 0.05) is 12.6 Å². The third kappa shape index (κ3) is 3.82. The first-order valence-electron chi connectivity index (χ1n) is 7.10. The number of hydrogen-bond donors (Lipinski definition) is 1. The smallest absolute Gasteiger partial charge is 0.0295 e. The molecule has 1 atom stereocenters. The number of rotatable bonds is 5. The van der Waals surface area contributed by atoms with Crippen molar-refractivity contribution >= 4 is 0 Å². The first-order valence-corrected chi connectivity index (χ1v) is 7.10. The number of benzene rings is 1. The van der Waals surface area contributed by atoms with Crippen LogP contribution in [0.15, 0.2) is 30.3 Å². The molecule has 1 saturated heterocycles. The largest absolute Gasteiger partial charge is 0.324 e. The second kappa shape index (κ2) is 5.85. The highest BCUT2D eigenvalue weighted by molar-refractivity contribution is 5.18. The van der Waals surface area contributed by atoms with Crippen LogP contribution in [0.4, 0.5) is 0 Å². The first kappa shape index (κ1) is 13.6. The number of likely N-dealkylation sites (tertiary alicyclic amines) is 1. The maximum atomic E-state index is 6.21. The van der Waals surface area contributed by atoms with Gasteiger partial charge in [-0.15, -0.1) is 0 Å². The van der Waals surface area contributed by atoms with Crippen LogP contribution in [0.25, 0.3) is 0 Å². The topological polar surface area (TPSA) is 29.3 Å². The summed E-state index contributed by atoms with van der Waals surface area (Å²) in [7, 11) is 0. The van der Waals surface area contributed by atoms with Crippen molar-refractivity contribution in [1.82, 2.24) is 4.90 Å². The van der Waals surface area contributed by atoms with E-state index < -0.39 is 0 Å². The summed E-state index contributed by atoms with van der Waals surface area (Å²) < 4.78 is 0. The Morgan fingerprint density at radius 3 is 2.61 bits per heavy atom. The van der Waals surface area contributed by atoms with Crippen LogP contribution in [-0.4, -0.2) is 24.5 Å². The van der Waals surface area contributed by atoms with E-state index in [1.807, 2.05) is 6.07 Å². The van der Waals surface area contributed by atoms with Gasteiger partial charge in [-0.1, -0.05) is 44.2 Å². The summed E-state index contributed by atoms with van der Waals surface area (Å²) in [4.78, 5) is 2.58. The van der Waals surface area contributed by atoms with Gasteiger partial charge in [0.05, 0.1) is 0 Å². The van der Waals surface area contributed by atoms with E-state index in [2.05, 4.69) is 43.0 Å². The summed E-state index contributed by atoms with van der Waals surface area (Å²) >= 11 is 0. The average Bonchev–Trinajstić information content (AvgIpc) is 2.70. The van der Waals surface area contributed by atoms with E-state index in [1.54, 1.807) is 0 Å². The van der Waals surface area contributed by atoms with E-state index >= 15 is 0 Å². The fourth-order valence-corrected chi connectivity index (χ4v) is 2.82. The molecule has 0 amide bonds. The summed E-state index contributed by atoms with van der Waals surface area (Å²) in [6.45, 7) is 8.43. The maximum Gasteiger partial charge on any atom is 0.0295 e. The normalized spacial score (nSPS) is 21.1. The molecule has 2 heteroatoms. The van der Waals surface area contributed by atoms with Crippen LogP contribution in [0.3, 0.4) is 0 Å². The summed E-state index contributed by atoms with van der Waals surface area (Å²) in [5.74, 6) is 0. The molecule has 2 N–H and O–H groups in total. The lowest BCUT2D eigenvalue weighted by atomic mass is 9.93. The summed E-state index contributed by atoms with van der Waals surface area (Å²) in [5, 5.41) is 0. The lowest BCUT2D eigenvalue weighted by Crippen LogP contribution is -2.25. The van der Waals surface area contributed by atoms with Gasteiger partial charge < -0.3 is 10.6 Å². The molecule has 1 aliphatic heterocycles. The fraction of sp³-hybridized carbons (Fsp3) is 0.625. The molecule has 0 radical (unpaired) electrons. The van der Waals surface area contributed by atoms with E-state index in [0.717, 1.165) is 6.42 Å². The Labute approximate surface area is 111 Å². The predicted molar refractivity (Wildman–Crippen MR) is 77.4 cm³/mol. The molecular formula is C16H26N2. The zero-order chi connectivity index (χ0) is 13.0. The van der Waals surface area contributed by atoms with Gasteiger partial charge in [-0.3, -0.25) is 0 Å². The van der Waals surface area contributed by atoms with Gasteiger partial charge >= 0.3 is 0 Å². The fourth-order valence-electron chi connectivity index (χ4n) is 2.82. The average molecular weight is 246 g/mol. The molecule has 1 aromatic rings. The summed E-state index contributed by atoms with van der Waals surface area (Å²) in [6, 6.07) is 10.6. The van der Waals surface area contributed by atoms with Gasteiger partial charge in [-0.2, -0.15) is 0 Å². The highest BCUT2D eigenvalue weighted by Gasteiger charge is 2.28. The molecule has 1 fully saturated rings. The molecule has 1 heterocycles. The van der Waals surface area contributed by atoms with E-state index in [9.17, 15) is 0 Å². The minimum Gasteiger partial charge on any atom is -0.324 e. The molecule has 0 aliphatic carbocycles. The molecule has 0 spiro atoms. The van der Waals surface area contributed by atoms with Crippen molar-refractivity contribution in [1.29, 1.82) is 0 Å². The Morgan fingerprint density at radius 2 is 2.00 bits per heavy atom. The Balaban J connectivity index is 1.70. The van der Waals surface area contributed by atoms with E-state index in [1.165, 1.54) is 38.0 Å². The summed E-state index contributed by atoms with van der Waals surface area (Å²) in [6.07, 6.45) is 3.62. The van der Waals surface area contributed by atoms with Crippen LogP contribution in [0.5, 0.6) is 0 Å². The van der Waals surface area contributed by atoms with Crippen LogP contribution in [-0.2, 0) is 0 Å². The van der Waals surface area contributed by atoms with E-state index in [0.29, 0.717) is 5.41 Å². The van der Waals surface area contributed by atoms with Gasteiger partial charge in [-0.25, -0.2) is 0 Å². The second-order valence-corrected chi connectivity index (χ2v) is 6.35. The van der Waals surface area contributed by atoms with E-state index in [4.69, 9.17) is 5.73 Å². The van der Waals surface area contributed by atoms with Gasteiger partial charge in [0.25, 0.3) is 0 Å². The zero-order valence-electron chi connectivity index (χ0n) is 11.7. The Bertz CT molecular complexity index is 359. The maximum absolute atomic E-state index is 6.21. The standard InChI is InChI=1S/C16H26N2/c1-16(2)10-12-18(13-16)11-6-9-15(17)14-7-4-3-5-8-14/h3-5,7-8,15H,6,9-13,17H2,1-2H3. The van der Waals surface area contributed by atoms with Crippen LogP contribution in [0, 0.1) is 5.41 Å². The Morgan fingerprint density at radius 1 is 1.28 bits per heavy atom. The third-order valence-electron chi connectivity index (χ3n) is 3.97. The lowest BCUT2D eigenvalue weighted by molar-refractivity contribution is 0.283. The third-order valence-corrected chi connectivity index (χ3v) is 3.97. The molecular weight excluding hydrogens is 220 g/mol. The molecule has 0 aromatic heterocycles. The van der Waals surface area contributed by atoms with E-state index in [-0.39, 0.29) is 6.04 Å². The van der Waals surface area contributed by atoms with Crippen molar-refractivity contribution in [3.8, 4) is 0 Å². The van der Waals surface area contributed by atoms with Crippen LogP contribution in [0.1, 0.15) is 44.7 Å².